The molecule has 1 heterocycles. The van der Waals surface area contributed by atoms with Crippen molar-refractivity contribution in [2.24, 2.45) is 0 Å². The van der Waals surface area contributed by atoms with Gasteiger partial charge in [-0.25, -0.2) is 9.13 Å². The molecule has 1 aromatic heterocycles. The third kappa shape index (κ3) is 9.20. The smallest absolute Gasteiger partial charge is 0.230 e. The second-order valence-electron chi connectivity index (χ2n) is 9.50. The topological polar surface area (TPSA) is 8.81 Å². The van der Waals surface area contributed by atoms with Crippen molar-refractivity contribution in [3.8, 4) is 11.4 Å². The van der Waals surface area contributed by atoms with Gasteiger partial charge in [-0.15, -0.1) is 0 Å². The van der Waals surface area contributed by atoms with Crippen molar-refractivity contribution in [1.82, 2.24) is 4.57 Å². The summed E-state index contributed by atoms with van der Waals surface area (Å²) >= 11 is 0. The highest BCUT2D eigenvalue weighted by Gasteiger charge is 2.18. The molecule has 0 spiro atoms. The highest BCUT2D eigenvalue weighted by Crippen LogP contribution is 2.18. The van der Waals surface area contributed by atoms with E-state index in [0.29, 0.717) is 0 Å². The average molecular weight is 446 g/mol. The van der Waals surface area contributed by atoms with Gasteiger partial charge in [-0.2, -0.15) is 0 Å². The monoisotopic (exact) mass is 445 g/mol. The van der Waals surface area contributed by atoms with Crippen LogP contribution in [0.1, 0.15) is 89.5 Å². The van der Waals surface area contributed by atoms with Crippen molar-refractivity contribution >= 4 is 0 Å². The van der Waals surface area contributed by atoms with E-state index in [1.807, 2.05) is 0 Å². The Balaban J connectivity index is 1.44. The van der Waals surface area contributed by atoms with Crippen LogP contribution in [0.3, 0.4) is 0 Å². The van der Waals surface area contributed by atoms with Crippen LogP contribution < -0.4 is 4.57 Å². The Hall–Kier alpha value is -2.35. The van der Waals surface area contributed by atoms with Gasteiger partial charge in [-0.05, 0) is 43.4 Å². The predicted molar refractivity (Wildman–Crippen MR) is 141 cm³/mol. The fourth-order valence-corrected chi connectivity index (χ4v) is 4.79. The van der Waals surface area contributed by atoms with Crippen molar-refractivity contribution in [3.63, 3.8) is 0 Å². The Bertz CT molecular complexity index is 866. The number of benzene rings is 2. The molecule has 0 atom stereocenters. The van der Waals surface area contributed by atoms with Crippen LogP contribution in [0, 0.1) is 0 Å². The third-order valence-electron chi connectivity index (χ3n) is 6.71. The largest absolute Gasteiger partial charge is 0.288 e. The summed E-state index contributed by atoms with van der Waals surface area (Å²) in [4.78, 5) is 0. The fourth-order valence-electron chi connectivity index (χ4n) is 4.79. The zero-order valence-corrected chi connectivity index (χ0v) is 20.9. The molecule has 0 N–H and O–H groups in total. The Morgan fingerprint density at radius 3 is 1.85 bits per heavy atom. The van der Waals surface area contributed by atoms with Gasteiger partial charge in [0.05, 0.1) is 18.7 Å². The molecule has 0 aliphatic carbocycles. The molecule has 3 rings (SSSR count). The Morgan fingerprint density at radius 2 is 1.21 bits per heavy atom. The Morgan fingerprint density at radius 1 is 0.636 bits per heavy atom. The number of unbranched alkanes of at least 4 members (excludes halogenated alkanes) is 10. The average Bonchev–Trinajstić information content (AvgIpc) is 3.26. The van der Waals surface area contributed by atoms with Crippen molar-refractivity contribution in [3.05, 3.63) is 78.6 Å². The first kappa shape index (κ1) is 25.3. The molecule has 178 valence electrons. The minimum Gasteiger partial charge on any atom is -0.230 e. The quantitative estimate of drug-likeness (QED) is 0.146. The molecule has 0 saturated carbocycles. The summed E-state index contributed by atoms with van der Waals surface area (Å²) in [5, 5.41) is 0. The van der Waals surface area contributed by atoms with E-state index in [1.165, 1.54) is 87.6 Å². The van der Waals surface area contributed by atoms with Gasteiger partial charge in [0.25, 0.3) is 5.82 Å². The summed E-state index contributed by atoms with van der Waals surface area (Å²) in [6.45, 7) is 4.47. The number of hydrogen-bond acceptors (Lipinski definition) is 0. The lowest BCUT2D eigenvalue weighted by atomic mass is 10.1. The number of aromatic nitrogens is 2. The standard InChI is InChI=1S/C31H45N2/c1-2-3-4-5-6-7-8-9-10-11-18-25-32-27-28-33(31(32)30-23-16-13-17-24-30)26-19-22-29-20-14-12-15-21-29/h12-17,20-21,23-24,27-28H,2-11,18-19,22,25-26H2,1H3/q+1. The summed E-state index contributed by atoms with van der Waals surface area (Å²) in [6.07, 6.45) is 22.2. The summed E-state index contributed by atoms with van der Waals surface area (Å²) in [5.74, 6) is 1.36. The van der Waals surface area contributed by atoms with Crippen molar-refractivity contribution < 1.29 is 4.57 Å². The van der Waals surface area contributed by atoms with E-state index in [4.69, 9.17) is 0 Å². The van der Waals surface area contributed by atoms with Gasteiger partial charge in [-0.1, -0.05) is 113 Å². The normalized spacial score (nSPS) is 11.2. The number of hydrogen-bond donors (Lipinski definition) is 0. The summed E-state index contributed by atoms with van der Waals surface area (Å²) < 4.78 is 4.93. The highest BCUT2D eigenvalue weighted by molar-refractivity contribution is 5.52. The van der Waals surface area contributed by atoms with Crippen molar-refractivity contribution in [2.75, 3.05) is 0 Å². The summed E-state index contributed by atoms with van der Waals surface area (Å²) in [7, 11) is 0. The lowest BCUT2D eigenvalue weighted by molar-refractivity contribution is -0.685. The van der Waals surface area contributed by atoms with E-state index in [1.54, 1.807) is 0 Å². The maximum atomic E-state index is 2.48. The Kier molecular flexibility index (Phi) is 11.9. The summed E-state index contributed by atoms with van der Waals surface area (Å²) in [5.41, 5.74) is 2.75. The molecule has 0 aliphatic rings. The minimum absolute atomic E-state index is 1.06. The van der Waals surface area contributed by atoms with E-state index in [2.05, 4.69) is 89.1 Å². The lowest BCUT2D eigenvalue weighted by Gasteiger charge is -2.07. The lowest BCUT2D eigenvalue weighted by Crippen LogP contribution is -2.35. The van der Waals surface area contributed by atoms with Crippen LogP contribution in [0.15, 0.2) is 73.1 Å². The van der Waals surface area contributed by atoms with Crippen LogP contribution in [0.5, 0.6) is 0 Å². The molecule has 0 bridgehead atoms. The maximum absolute atomic E-state index is 2.48. The highest BCUT2D eigenvalue weighted by atomic mass is 15.1. The van der Waals surface area contributed by atoms with Gasteiger partial charge >= 0.3 is 0 Å². The molecule has 2 nitrogen and oxygen atoms in total. The van der Waals surface area contributed by atoms with Crippen LogP contribution in [0.2, 0.25) is 0 Å². The second kappa shape index (κ2) is 15.5. The molecular formula is C31H45N2+. The molecule has 2 aromatic carbocycles. The van der Waals surface area contributed by atoms with Gasteiger partial charge in [0.2, 0.25) is 0 Å². The molecule has 2 heteroatoms. The maximum Gasteiger partial charge on any atom is 0.288 e. The first-order valence-corrected chi connectivity index (χ1v) is 13.6. The molecule has 0 aliphatic heterocycles. The molecule has 0 fully saturated rings. The zero-order chi connectivity index (χ0) is 23.0. The molecule has 0 saturated heterocycles. The zero-order valence-electron chi connectivity index (χ0n) is 20.9. The molecule has 33 heavy (non-hydrogen) atoms. The fraction of sp³-hybridized carbons (Fsp3) is 0.516. The van der Waals surface area contributed by atoms with E-state index in [9.17, 15) is 0 Å². The van der Waals surface area contributed by atoms with E-state index in [-0.39, 0.29) is 0 Å². The molecule has 3 aromatic rings. The molecule has 0 radical (unpaired) electrons. The van der Waals surface area contributed by atoms with E-state index in [0.717, 1.165) is 25.9 Å². The molecular weight excluding hydrogens is 400 g/mol. The molecule has 0 amide bonds. The first-order chi connectivity index (χ1) is 16.4. The van der Waals surface area contributed by atoms with Gasteiger partial charge < -0.3 is 0 Å². The Labute approximate surface area is 202 Å². The van der Waals surface area contributed by atoms with Crippen LogP contribution in [0.25, 0.3) is 11.4 Å². The van der Waals surface area contributed by atoms with E-state index < -0.39 is 0 Å². The van der Waals surface area contributed by atoms with Crippen molar-refractivity contribution in [1.29, 1.82) is 0 Å². The van der Waals surface area contributed by atoms with Gasteiger partial charge in [0.15, 0.2) is 0 Å². The first-order valence-electron chi connectivity index (χ1n) is 13.6. The minimum atomic E-state index is 1.06. The van der Waals surface area contributed by atoms with Gasteiger partial charge in [0, 0.05) is 0 Å². The van der Waals surface area contributed by atoms with Crippen molar-refractivity contribution in [2.45, 2.75) is 103 Å². The van der Waals surface area contributed by atoms with Gasteiger partial charge in [0.1, 0.15) is 12.4 Å². The summed E-state index contributed by atoms with van der Waals surface area (Å²) in [6, 6.07) is 21.8. The number of imidazole rings is 1. The number of aryl methyl sites for hydroxylation is 3. The third-order valence-corrected chi connectivity index (χ3v) is 6.71. The molecule has 0 unspecified atom stereocenters. The number of rotatable bonds is 17. The number of nitrogens with zero attached hydrogens (tertiary/aromatic N) is 2. The van der Waals surface area contributed by atoms with Crippen LogP contribution in [0.4, 0.5) is 0 Å². The SMILES string of the molecule is CCCCCCCCCCCCCn1cc[n+](CCCc2ccccc2)c1-c1ccccc1. The van der Waals surface area contributed by atoms with Crippen LogP contribution in [-0.4, -0.2) is 4.57 Å². The van der Waals surface area contributed by atoms with Crippen LogP contribution in [-0.2, 0) is 19.5 Å². The predicted octanol–water partition coefficient (Wildman–Crippen LogP) is 8.39. The second-order valence-corrected chi connectivity index (χ2v) is 9.50. The van der Waals surface area contributed by atoms with Crippen LogP contribution >= 0.6 is 0 Å². The van der Waals surface area contributed by atoms with E-state index >= 15 is 0 Å². The van der Waals surface area contributed by atoms with Gasteiger partial charge in [-0.3, -0.25) is 0 Å².